The van der Waals surface area contributed by atoms with E-state index in [0.29, 0.717) is 0 Å². The largest absolute Gasteiger partial charge is 0.412 e. The van der Waals surface area contributed by atoms with Gasteiger partial charge >= 0.3 is 0 Å². The van der Waals surface area contributed by atoms with Gasteiger partial charge in [-0.2, -0.15) is 0 Å². The average molecular weight is 434 g/mol. The highest BCUT2D eigenvalue weighted by Gasteiger charge is 2.34. The number of hydrogen-bond donors (Lipinski definition) is 1. The van der Waals surface area contributed by atoms with Crippen molar-refractivity contribution in [1.82, 2.24) is 0 Å². The molecule has 1 atom stereocenters. The molecule has 0 amide bonds. The first-order valence-electron chi connectivity index (χ1n) is 13.5. The zero-order valence-electron chi connectivity index (χ0n) is 21.3. The molecule has 1 aromatic carbocycles. The van der Waals surface area contributed by atoms with E-state index in [-0.39, 0.29) is 16.9 Å². The molecule has 0 aliphatic heterocycles. The van der Waals surface area contributed by atoms with Crippen LogP contribution in [0.15, 0.2) is 30.3 Å². The molecule has 31 heavy (non-hydrogen) atoms. The first kappa shape index (κ1) is 30.1. The van der Waals surface area contributed by atoms with E-state index >= 15 is 0 Å². The smallest absolute Gasteiger partial charge is 0.0136 e. The molecule has 2 nitrogen and oxygen atoms in total. The molecule has 0 saturated carbocycles. The minimum Gasteiger partial charge on any atom is -0.412 e. The lowest BCUT2D eigenvalue weighted by atomic mass is 9.69. The van der Waals surface area contributed by atoms with Crippen LogP contribution in [0.2, 0.25) is 0 Å². The van der Waals surface area contributed by atoms with Crippen molar-refractivity contribution in [2.24, 2.45) is 5.73 Å². The summed E-state index contributed by atoms with van der Waals surface area (Å²) in [6, 6.07) is 11.3. The highest BCUT2D eigenvalue weighted by molar-refractivity contribution is 5.27. The molecule has 0 saturated heterocycles. The molecule has 0 bridgehead atoms. The Morgan fingerprint density at radius 3 is 1.39 bits per heavy atom. The maximum atomic E-state index is 6.76. The molecule has 1 rings (SSSR count). The van der Waals surface area contributed by atoms with Gasteiger partial charge < -0.3 is 11.2 Å². The maximum Gasteiger partial charge on any atom is 0.0136 e. The van der Waals surface area contributed by atoms with E-state index < -0.39 is 0 Å². The van der Waals surface area contributed by atoms with E-state index in [4.69, 9.17) is 5.73 Å². The summed E-state index contributed by atoms with van der Waals surface area (Å²) in [4.78, 5) is 0. The summed E-state index contributed by atoms with van der Waals surface area (Å²) < 4.78 is 0. The third-order valence-corrected chi connectivity index (χ3v) is 7.44. The Bertz CT molecular complexity index is 483. The Balaban J connectivity index is 0.00000900. The number of hydrogen-bond acceptors (Lipinski definition) is 1. The molecule has 0 fully saturated rings. The van der Waals surface area contributed by atoms with Crippen LogP contribution in [0, 0.1) is 0 Å². The van der Waals surface area contributed by atoms with Crippen molar-refractivity contribution in [3.8, 4) is 0 Å². The van der Waals surface area contributed by atoms with Gasteiger partial charge in [-0.05, 0) is 24.8 Å². The summed E-state index contributed by atoms with van der Waals surface area (Å²) in [5.41, 5.74) is 8.34. The van der Waals surface area contributed by atoms with Gasteiger partial charge in [-0.3, -0.25) is 0 Å². The lowest BCUT2D eigenvalue weighted by Crippen LogP contribution is -2.44. The summed E-state index contributed by atoms with van der Waals surface area (Å²) in [5, 5.41) is 0. The Labute approximate surface area is 195 Å². The highest BCUT2D eigenvalue weighted by atomic mass is 16.0. The second-order valence-corrected chi connectivity index (χ2v) is 9.57. The van der Waals surface area contributed by atoms with Crippen LogP contribution in [0.1, 0.15) is 142 Å². The van der Waals surface area contributed by atoms with Crippen LogP contribution in [0.25, 0.3) is 0 Å². The minimum absolute atomic E-state index is 0. The van der Waals surface area contributed by atoms with Gasteiger partial charge in [-0.25, -0.2) is 0 Å². The van der Waals surface area contributed by atoms with Crippen LogP contribution in [0.4, 0.5) is 0 Å². The first-order chi connectivity index (χ1) is 14.7. The van der Waals surface area contributed by atoms with Crippen molar-refractivity contribution >= 4 is 0 Å². The lowest BCUT2D eigenvalue weighted by Gasteiger charge is -2.38. The molecule has 0 aliphatic rings. The quantitative estimate of drug-likeness (QED) is 0.206. The van der Waals surface area contributed by atoms with Gasteiger partial charge in [0.2, 0.25) is 0 Å². The van der Waals surface area contributed by atoms with Crippen molar-refractivity contribution in [3.63, 3.8) is 0 Å². The van der Waals surface area contributed by atoms with Gasteiger partial charge in [0.05, 0.1) is 0 Å². The third-order valence-electron chi connectivity index (χ3n) is 7.44. The first-order valence-corrected chi connectivity index (χ1v) is 13.5. The van der Waals surface area contributed by atoms with E-state index in [1.807, 2.05) is 0 Å². The highest BCUT2D eigenvalue weighted by Crippen LogP contribution is 2.36. The second-order valence-electron chi connectivity index (χ2n) is 9.57. The monoisotopic (exact) mass is 433 g/mol. The molecule has 4 N–H and O–H groups in total. The van der Waals surface area contributed by atoms with Crippen molar-refractivity contribution in [2.75, 3.05) is 0 Å². The topological polar surface area (TPSA) is 57.5 Å². The van der Waals surface area contributed by atoms with Crippen LogP contribution in [0.5, 0.6) is 0 Å². The van der Waals surface area contributed by atoms with E-state index in [2.05, 4.69) is 51.1 Å². The standard InChI is InChI=1S/C29H53N.H2O/c1-4-7-8-9-10-11-12-13-14-15-16-17-18-19-23-26-28(30)29(5-2,6-3)27-24-21-20-22-25-27;/h20-22,24-25,28H,4-19,23,26,30H2,1-3H3;1H2. The predicted octanol–water partition coefficient (Wildman–Crippen LogP) is 8.51. The minimum atomic E-state index is 0. The molecule has 0 aromatic heterocycles. The van der Waals surface area contributed by atoms with Gasteiger partial charge in [-0.1, -0.05) is 147 Å². The van der Waals surface area contributed by atoms with Gasteiger partial charge in [0.1, 0.15) is 0 Å². The Kier molecular flexibility index (Phi) is 19.2. The van der Waals surface area contributed by atoms with E-state index in [1.54, 1.807) is 0 Å². The third kappa shape index (κ3) is 12.1. The summed E-state index contributed by atoms with van der Waals surface area (Å²) in [7, 11) is 0. The maximum absolute atomic E-state index is 6.76. The predicted molar refractivity (Wildman–Crippen MR) is 140 cm³/mol. The number of benzene rings is 1. The van der Waals surface area contributed by atoms with Crippen LogP contribution in [-0.2, 0) is 5.41 Å². The van der Waals surface area contributed by atoms with Gasteiger partial charge in [0.15, 0.2) is 0 Å². The molecule has 182 valence electrons. The SMILES string of the molecule is CCCCCCCCCCCCCCCCCC(N)C(CC)(CC)c1ccccc1.O. The van der Waals surface area contributed by atoms with Gasteiger partial charge in [0.25, 0.3) is 0 Å². The van der Waals surface area contributed by atoms with E-state index in [9.17, 15) is 0 Å². The van der Waals surface area contributed by atoms with Gasteiger partial charge in [0, 0.05) is 11.5 Å². The zero-order chi connectivity index (χ0) is 21.9. The molecule has 0 heterocycles. The second kappa shape index (κ2) is 19.8. The van der Waals surface area contributed by atoms with Crippen molar-refractivity contribution < 1.29 is 5.48 Å². The lowest BCUT2D eigenvalue weighted by molar-refractivity contribution is 0.297. The van der Waals surface area contributed by atoms with Crippen LogP contribution < -0.4 is 5.73 Å². The fraction of sp³-hybridized carbons (Fsp3) is 0.793. The number of nitrogens with two attached hydrogens (primary N) is 1. The van der Waals surface area contributed by atoms with E-state index in [1.165, 1.54) is 102 Å². The summed E-state index contributed by atoms with van der Waals surface area (Å²) >= 11 is 0. The number of unbranched alkanes of at least 4 members (excludes halogenated alkanes) is 14. The van der Waals surface area contributed by atoms with Crippen LogP contribution in [0.3, 0.4) is 0 Å². The fourth-order valence-corrected chi connectivity index (χ4v) is 5.18. The summed E-state index contributed by atoms with van der Waals surface area (Å²) in [6.45, 7) is 6.91. The van der Waals surface area contributed by atoms with Crippen molar-refractivity contribution in [3.05, 3.63) is 35.9 Å². The Morgan fingerprint density at radius 1 is 0.613 bits per heavy atom. The molecule has 1 unspecified atom stereocenters. The zero-order valence-corrected chi connectivity index (χ0v) is 21.3. The molecule has 0 spiro atoms. The molecule has 0 aliphatic carbocycles. The molecule has 0 radical (unpaired) electrons. The van der Waals surface area contributed by atoms with Crippen molar-refractivity contribution in [1.29, 1.82) is 0 Å². The Hall–Kier alpha value is -0.860. The molecule has 2 heteroatoms. The molecular weight excluding hydrogens is 378 g/mol. The van der Waals surface area contributed by atoms with Crippen LogP contribution in [-0.4, -0.2) is 11.5 Å². The molecule has 1 aromatic rings. The summed E-state index contributed by atoms with van der Waals surface area (Å²) in [6.07, 6.45) is 24.7. The molecular formula is C29H55NO. The summed E-state index contributed by atoms with van der Waals surface area (Å²) in [5.74, 6) is 0. The van der Waals surface area contributed by atoms with Crippen molar-refractivity contribution in [2.45, 2.75) is 148 Å². The van der Waals surface area contributed by atoms with E-state index in [0.717, 1.165) is 19.3 Å². The normalized spacial score (nSPS) is 12.5. The number of rotatable bonds is 20. The Morgan fingerprint density at radius 2 is 1.00 bits per heavy atom. The average Bonchev–Trinajstić information content (AvgIpc) is 2.78. The van der Waals surface area contributed by atoms with Crippen LogP contribution >= 0.6 is 0 Å². The van der Waals surface area contributed by atoms with Gasteiger partial charge in [-0.15, -0.1) is 0 Å². The fourth-order valence-electron chi connectivity index (χ4n) is 5.18.